The van der Waals surface area contributed by atoms with Crippen molar-refractivity contribution in [2.24, 2.45) is 9.98 Å². The van der Waals surface area contributed by atoms with E-state index < -0.39 is 24.4 Å². The summed E-state index contributed by atoms with van der Waals surface area (Å²) < 4.78 is 16.3. The summed E-state index contributed by atoms with van der Waals surface area (Å²) in [5.74, 6) is 0. The minimum atomic E-state index is -0.614. The molecule has 0 radical (unpaired) electrons. The zero-order valence-corrected chi connectivity index (χ0v) is 26.0. The predicted octanol–water partition coefficient (Wildman–Crippen LogP) is 8.03. The van der Waals surface area contributed by atoms with E-state index in [2.05, 4.69) is 20.6 Å². The minimum absolute atomic E-state index is 0. The number of ether oxygens (including phenoxy) is 3. The molecule has 0 aliphatic carbocycles. The first-order valence-corrected chi connectivity index (χ1v) is 14.8. The van der Waals surface area contributed by atoms with E-state index in [4.69, 9.17) is 14.2 Å². The van der Waals surface area contributed by atoms with E-state index >= 15 is 0 Å². The molecule has 2 N–H and O–H groups in total. The van der Waals surface area contributed by atoms with Crippen LogP contribution in [0.15, 0.2) is 107 Å². The third-order valence-corrected chi connectivity index (χ3v) is 6.76. The van der Waals surface area contributed by atoms with E-state index in [1.54, 1.807) is 62.4 Å². The lowest BCUT2D eigenvalue weighted by Gasteiger charge is -2.17. The highest BCUT2D eigenvalue weighted by molar-refractivity contribution is 5.85. The van der Waals surface area contributed by atoms with Crippen LogP contribution >= 0.6 is 0 Å². The van der Waals surface area contributed by atoms with Crippen LogP contribution in [0.1, 0.15) is 43.5 Å². The van der Waals surface area contributed by atoms with Crippen LogP contribution in [0, 0.1) is 0 Å². The SMILES string of the molecule is C.CC(COCC(C)OC(=O)Nc1ccc(Cc2ccc(N=C=O)cc2)cc1)OC(=O)Nc1ccc(Cc2ccc(N=C=O)cc2)cc1. The number of isocyanates is 2. The molecule has 11 heteroatoms. The Bertz CT molecular complexity index is 1580. The lowest BCUT2D eigenvalue weighted by atomic mass is 10.0. The fraction of sp³-hybridized carbons (Fsp3) is 0.243. The number of nitrogens with zero attached hydrogens (tertiary/aromatic N) is 2. The van der Waals surface area contributed by atoms with Crippen molar-refractivity contribution in [1.82, 2.24) is 0 Å². The second-order valence-corrected chi connectivity index (χ2v) is 10.7. The molecule has 2 unspecified atom stereocenters. The zero-order valence-electron chi connectivity index (χ0n) is 26.0. The first kappa shape index (κ1) is 36.6. The maximum absolute atomic E-state index is 12.3. The number of carbonyl (C=O) groups is 2. The van der Waals surface area contributed by atoms with Gasteiger partial charge in [-0.25, -0.2) is 19.2 Å². The van der Waals surface area contributed by atoms with Gasteiger partial charge in [-0.05, 0) is 97.5 Å². The van der Waals surface area contributed by atoms with Gasteiger partial charge in [0.05, 0.1) is 24.6 Å². The van der Waals surface area contributed by atoms with Gasteiger partial charge in [-0.1, -0.05) is 56.0 Å². The van der Waals surface area contributed by atoms with Crippen LogP contribution < -0.4 is 10.6 Å². The Morgan fingerprint density at radius 1 is 0.583 bits per heavy atom. The molecule has 4 aromatic rings. The number of amides is 2. The molecule has 0 aromatic heterocycles. The monoisotopic (exact) mass is 650 g/mol. The molecule has 0 bridgehead atoms. The number of hydrogen-bond acceptors (Lipinski definition) is 9. The van der Waals surface area contributed by atoms with Crippen molar-refractivity contribution in [2.45, 2.75) is 46.3 Å². The third-order valence-electron chi connectivity index (χ3n) is 6.76. The maximum Gasteiger partial charge on any atom is 0.411 e. The average Bonchev–Trinajstić information content (AvgIpc) is 3.05. The summed E-state index contributed by atoms with van der Waals surface area (Å²) in [5, 5.41) is 5.39. The molecule has 11 nitrogen and oxygen atoms in total. The summed E-state index contributed by atoms with van der Waals surface area (Å²) in [7, 11) is 0. The average molecular weight is 651 g/mol. The third kappa shape index (κ3) is 12.5. The topological polar surface area (TPSA) is 145 Å². The molecule has 0 saturated carbocycles. The molecule has 2 atom stereocenters. The van der Waals surface area contributed by atoms with Crippen LogP contribution in [-0.4, -0.2) is 49.8 Å². The maximum atomic E-state index is 12.3. The first-order valence-electron chi connectivity index (χ1n) is 14.8. The van der Waals surface area contributed by atoms with E-state index in [-0.39, 0.29) is 20.6 Å². The number of carbonyl (C=O) groups excluding carboxylic acids is 4. The number of hydrogen-bond donors (Lipinski definition) is 2. The Morgan fingerprint density at radius 3 is 1.21 bits per heavy atom. The van der Waals surface area contributed by atoms with Crippen molar-refractivity contribution < 1.29 is 33.4 Å². The molecule has 4 rings (SSSR count). The van der Waals surface area contributed by atoms with E-state index in [0.717, 1.165) is 22.3 Å². The smallest absolute Gasteiger partial charge is 0.411 e. The van der Waals surface area contributed by atoms with Crippen molar-refractivity contribution in [2.75, 3.05) is 23.8 Å². The second kappa shape index (κ2) is 19.0. The molecule has 0 fully saturated rings. The Morgan fingerprint density at radius 2 is 0.896 bits per heavy atom. The van der Waals surface area contributed by atoms with Gasteiger partial charge in [-0.2, -0.15) is 9.98 Å². The van der Waals surface area contributed by atoms with Gasteiger partial charge in [0, 0.05) is 11.4 Å². The number of rotatable bonds is 14. The van der Waals surface area contributed by atoms with Gasteiger partial charge in [0.15, 0.2) is 0 Å². The Balaban J connectivity index is 0.00000625. The molecule has 248 valence electrons. The summed E-state index contributed by atoms with van der Waals surface area (Å²) >= 11 is 0. The van der Waals surface area contributed by atoms with Crippen LogP contribution in [0.4, 0.5) is 32.3 Å². The number of nitrogens with one attached hydrogen (secondary N) is 2. The number of aliphatic imine (C=N–C) groups is 2. The van der Waals surface area contributed by atoms with Crippen LogP contribution in [0.2, 0.25) is 0 Å². The minimum Gasteiger partial charge on any atom is -0.444 e. The number of anilines is 2. The van der Waals surface area contributed by atoms with Crippen molar-refractivity contribution in [3.05, 3.63) is 119 Å². The molecule has 2 amide bonds. The van der Waals surface area contributed by atoms with E-state index in [1.807, 2.05) is 48.5 Å². The predicted molar refractivity (Wildman–Crippen MR) is 184 cm³/mol. The molecule has 0 saturated heterocycles. The quantitative estimate of drug-likeness (QED) is 0.104. The Labute approximate surface area is 279 Å². The van der Waals surface area contributed by atoms with Gasteiger partial charge < -0.3 is 14.2 Å². The molecular weight excluding hydrogens is 612 g/mol. The van der Waals surface area contributed by atoms with Crippen LogP contribution in [-0.2, 0) is 36.6 Å². The molecule has 0 heterocycles. The highest BCUT2D eigenvalue weighted by atomic mass is 16.6. The fourth-order valence-corrected chi connectivity index (χ4v) is 4.49. The summed E-state index contributed by atoms with van der Waals surface area (Å²) in [4.78, 5) is 52.6. The molecular formula is C37H38N4O7. The molecule has 0 aliphatic rings. The molecule has 48 heavy (non-hydrogen) atoms. The van der Waals surface area contributed by atoms with Crippen molar-refractivity contribution in [3.63, 3.8) is 0 Å². The van der Waals surface area contributed by atoms with Crippen molar-refractivity contribution in [1.29, 1.82) is 0 Å². The highest BCUT2D eigenvalue weighted by Gasteiger charge is 2.14. The first-order chi connectivity index (χ1) is 22.8. The van der Waals surface area contributed by atoms with Crippen LogP contribution in [0.3, 0.4) is 0 Å². The van der Waals surface area contributed by atoms with Crippen molar-refractivity contribution in [3.8, 4) is 0 Å². The Kier molecular flexibility index (Phi) is 14.5. The van der Waals surface area contributed by atoms with E-state index in [1.165, 1.54) is 12.2 Å². The lowest BCUT2D eigenvalue weighted by Crippen LogP contribution is -2.28. The summed E-state index contributed by atoms with van der Waals surface area (Å²) in [6.45, 7) is 3.64. The fourth-order valence-electron chi connectivity index (χ4n) is 4.49. The largest absolute Gasteiger partial charge is 0.444 e. The van der Waals surface area contributed by atoms with Gasteiger partial charge in [0.2, 0.25) is 12.2 Å². The number of benzene rings is 4. The van der Waals surface area contributed by atoms with E-state index in [0.29, 0.717) is 35.6 Å². The molecule has 0 spiro atoms. The van der Waals surface area contributed by atoms with Crippen molar-refractivity contribution >= 4 is 47.1 Å². The molecule has 4 aromatic carbocycles. The standard InChI is InChI=1S/C36H34N4O7.CH4/c1-25(46-35(43)39-33-15-7-29(8-16-33)19-27-3-11-31(12-4-27)37-23-41)21-45-22-26(2)47-36(44)40-34-17-9-30(10-18-34)20-28-5-13-32(14-6-28)38-24-42;/h3-18,25-26H,19-22H2,1-2H3,(H,39,43)(H,40,44);1H4. The van der Waals surface area contributed by atoms with Gasteiger partial charge >= 0.3 is 12.2 Å². The lowest BCUT2D eigenvalue weighted by molar-refractivity contribution is -0.00472. The Hall–Kier alpha value is -5.86. The van der Waals surface area contributed by atoms with Crippen LogP contribution in [0.5, 0.6) is 0 Å². The summed E-state index contributed by atoms with van der Waals surface area (Å²) in [6.07, 6.45) is 2.10. The van der Waals surface area contributed by atoms with Gasteiger partial charge in [-0.3, -0.25) is 10.6 Å². The van der Waals surface area contributed by atoms with Crippen LogP contribution in [0.25, 0.3) is 0 Å². The van der Waals surface area contributed by atoms with E-state index in [9.17, 15) is 19.2 Å². The van der Waals surface area contributed by atoms with Gasteiger partial charge in [0.1, 0.15) is 12.2 Å². The van der Waals surface area contributed by atoms with Gasteiger partial charge in [-0.15, -0.1) is 0 Å². The summed E-state index contributed by atoms with van der Waals surface area (Å²) in [6, 6.07) is 29.4. The normalized spacial score (nSPS) is 11.4. The van der Waals surface area contributed by atoms with Gasteiger partial charge in [0.25, 0.3) is 0 Å². The highest BCUT2D eigenvalue weighted by Crippen LogP contribution is 2.19. The zero-order chi connectivity index (χ0) is 33.4. The molecule has 0 aliphatic heterocycles. The summed E-state index contributed by atoms with van der Waals surface area (Å²) in [5.41, 5.74) is 6.47. The second-order valence-electron chi connectivity index (χ2n) is 10.7.